The SMILES string of the molecule is COc1cc(C#N)cc(Oc2ncccc2Br)c1. The second-order valence-corrected chi connectivity index (χ2v) is 4.26. The van der Waals surface area contributed by atoms with Crippen molar-refractivity contribution < 1.29 is 9.47 Å². The Balaban J connectivity index is 2.35. The van der Waals surface area contributed by atoms with Crippen molar-refractivity contribution in [2.75, 3.05) is 7.11 Å². The Hall–Kier alpha value is -2.06. The highest BCUT2D eigenvalue weighted by Gasteiger charge is 2.06. The number of rotatable bonds is 3. The fourth-order valence-corrected chi connectivity index (χ4v) is 1.71. The van der Waals surface area contributed by atoms with Gasteiger partial charge in [0.15, 0.2) is 0 Å². The van der Waals surface area contributed by atoms with Crippen LogP contribution in [0, 0.1) is 11.3 Å². The van der Waals surface area contributed by atoms with Gasteiger partial charge in [-0.2, -0.15) is 5.26 Å². The second kappa shape index (κ2) is 5.52. The molecule has 0 saturated carbocycles. The minimum absolute atomic E-state index is 0.439. The average molecular weight is 305 g/mol. The number of nitrogens with zero attached hydrogens (tertiary/aromatic N) is 2. The van der Waals surface area contributed by atoms with E-state index < -0.39 is 0 Å². The van der Waals surface area contributed by atoms with Gasteiger partial charge in [0.05, 0.1) is 23.2 Å². The van der Waals surface area contributed by atoms with Gasteiger partial charge in [0, 0.05) is 12.3 Å². The molecule has 0 saturated heterocycles. The minimum Gasteiger partial charge on any atom is -0.497 e. The third kappa shape index (κ3) is 2.79. The third-order valence-corrected chi connectivity index (χ3v) is 2.79. The molecular formula is C13H9BrN2O2. The largest absolute Gasteiger partial charge is 0.497 e. The molecule has 0 fully saturated rings. The van der Waals surface area contributed by atoms with Crippen LogP contribution < -0.4 is 9.47 Å². The molecule has 2 rings (SSSR count). The maximum absolute atomic E-state index is 8.92. The summed E-state index contributed by atoms with van der Waals surface area (Å²) in [5, 5.41) is 8.92. The lowest BCUT2D eigenvalue weighted by Gasteiger charge is -2.08. The molecule has 1 aromatic heterocycles. The van der Waals surface area contributed by atoms with Crippen molar-refractivity contribution in [2.45, 2.75) is 0 Å². The zero-order chi connectivity index (χ0) is 13.0. The Bertz CT molecular complexity index is 608. The summed E-state index contributed by atoms with van der Waals surface area (Å²) in [6, 6.07) is 10.6. The molecule has 18 heavy (non-hydrogen) atoms. The number of hydrogen-bond donors (Lipinski definition) is 0. The molecule has 90 valence electrons. The Morgan fingerprint density at radius 3 is 2.72 bits per heavy atom. The van der Waals surface area contributed by atoms with Gasteiger partial charge in [-0.15, -0.1) is 0 Å². The molecule has 0 atom stereocenters. The fraction of sp³-hybridized carbons (Fsp3) is 0.0769. The van der Waals surface area contributed by atoms with Gasteiger partial charge in [-0.05, 0) is 40.2 Å². The van der Waals surface area contributed by atoms with Crippen molar-refractivity contribution in [3.05, 3.63) is 46.6 Å². The fourth-order valence-electron chi connectivity index (χ4n) is 1.37. The van der Waals surface area contributed by atoms with Crippen LogP contribution in [-0.2, 0) is 0 Å². The van der Waals surface area contributed by atoms with E-state index in [1.807, 2.05) is 6.07 Å². The van der Waals surface area contributed by atoms with E-state index >= 15 is 0 Å². The predicted molar refractivity (Wildman–Crippen MR) is 69.7 cm³/mol. The molecule has 0 amide bonds. The lowest BCUT2D eigenvalue weighted by atomic mass is 10.2. The van der Waals surface area contributed by atoms with Crippen LogP contribution in [0.1, 0.15) is 5.56 Å². The first-order valence-corrected chi connectivity index (χ1v) is 5.90. The summed E-state index contributed by atoms with van der Waals surface area (Å²) in [5.74, 6) is 1.51. The second-order valence-electron chi connectivity index (χ2n) is 3.40. The van der Waals surface area contributed by atoms with E-state index in [0.717, 1.165) is 4.47 Å². The summed E-state index contributed by atoms with van der Waals surface area (Å²) < 4.78 is 11.4. The summed E-state index contributed by atoms with van der Waals surface area (Å²) >= 11 is 3.34. The number of hydrogen-bond acceptors (Lipinski definition) is 4. The lowest BCUT2D eigenvalue weighted by Crippen LogP contribution is -1.91. The molecule has 0 aliphatic rings. The Morgan fingerprint density at radius 1 is 1.28 bits per heavy atom. The normalized spacial score (nSPS) is 9.61. The van der Waals surface area contributed by atoms with Gasteiger partial charge in [-0.1, -0.05) is 0 Å². The monoisotopic (exact) mass is 304 g/mol. The van der Waals surface area contributed by atoms with Gasteiger partial charge in [0.1, 0.15) is 11.5 Å². The molecule has 5 heteroatoms. The van der Waals surface area contributed by atoms with Crippen LogP contribution in [0.3, 0.4) is 0 Å². The van der Waals surface area contributed by atoms with Crippen LogP contribution in [-0.4, -0.2) is 12.1 Å². The molecule has 1 heterocycles. The van der Waals surface area contributed by atoms with Gasteiger partial charge in [0.25, 0.3) is 0 Å². The number of nitriles is 1. The molecular weight excluding hydrogens is 296 g/mol. The Kier molecular flexibility index (Phi) is 3.80. The van der Waals surface area contributed by atoms with Gasteiger partial charge in [0.2, 0.25) is 5.88 Å². The molecule has 0 spiro atoms. The molecule has 1 aromatic carbocycles. The van der Waals surface area contributed by atoms with E-state index in [2.05, 4.69) is 27.0 Å². The third-order valence-electron chi connectivity index (χ3n) is 2.18. The standard InChI is InChI=1S/C13H9BrN2O2/c1-17-10-5-9(8-15)6-11(7-10)18-13-12(14)3-2-4-16-13/h2-7H,1H3. The number of halogens is 1. The highest BCUT2D eigenvalue weighted by atomic mass is 79.9. The van der Waals surface area contributed by atoms with E-state index in [1.54, 1.807) is 30.5 Å². The van der Waals surface area contributed by atoms with Crippen molar-refractivity contribution in [3.8, 4) is 23.4 Å². The smallest absolute Gasteiger partial charge is 0.233 e. The van der Waals surface area contributed by atoms with Gasteiger partial charge in [-0.25, -0.2) is 4.98 Å². The van der Waals surface area contributed by atoms with Crippen molar-refractivity contribution in [3.63, 3.8) is 0 Å². The van der Waals surface area contributed by atoms with Crippen LogP contribution >= 0.6 is 15.9 Å². The van der Waals surface area contributed by atoms with Gasteiger partial charge in [-0.3, -0.25) is 0 Å². The molecule has 0 aliphatic heterocycles. The zero-order valence-corrected chi connectivity index (χ0v) is 11.1. The first-order chi connectivity index (χ1) is 8.72. The minimum atomic E-state index is 0.439. The summed E-state index contributed by atoms with van der Waals surface area (Å²) in [6.45, 7) is 0. The van der Waals surface area contributed by atoms with E-state index in [9.17, 15) is 0 Å². The van der Waals surface area contributed by atoms with Crippen molar-refractivity contribution in [2.24, 2.45) is 0 Å². The lowest BCUT2D eigenvalue weighted by molar-refractivity contribution is 0.407. The maximum atomic E-state index is 8.92. The predicted octanol–water partition coefficient (Wildman–Crippen LogP) is 3.52. The first-order valence-electron chi connectivity index (χ1n) is 5.10. The van der Waals surface area contributed by atoms with E-state index in [-0.39, 0.29) is 0 Å². The van der Waals surface area contributed by atoms with Crippen LogP contribution in [0.15, 0.2) is 41.0 Å². The quantitative estimate of drug-likeness (QED) is 0.870. The van der Waals surface area contributed by atoms with Crippen LogP contribution in [0.25, 0.3) is 0 Å². The van der Waals surface area contributed by atoms with Gasteiger partial charge < -0.3 is 9.47 Å². The topological polar surface area (TPSA) is 55.1 Å². The molecule has 0 bridgehead atoms. The van der Waals surface area contributed by atoms with E-state index in [0.29, 0.717) is 22.9 Å². The average Bonchev–Trinajstić information content (AvgIpc) is 2.41. The molecule has 0 N–H and O–H groups in total. The van der Waals surface area contributed by atoms with Crippen LogP contribution in [0.5, 0.6) is 17.4 Å². The molecule has 0 radical (unpaired) electrons. The number of ether oxygens (including phenoxy) is 2. The first kappa shape index (κ1) is 12.4. The summed E-state index contributed by atoms with van der Waals surface area (Å²) in [5.41, 5.74) is 0.469. The van der Waals surface area contributed by atoms with Crippen molar-refractivity contribution in [1.29, 1.82) is 5.26 Å². The van der Waals surface area contributed by atoms with Crippen LogP contribution in [0.4, 0.5) is 0 Å². The molecule has 4 nitrogen and oxygen atoms in total. The summed E-state index contributed by atoms with van der Waals surface area (Å²) in [7, 11) is 1.54. The highest BCUT2D eigenvalue weighted by Crippen LogP contribution is 2.29. The van der Waals surface area contributed by atoms with Gasteiger partial charge >= 0.3 is 0 Å². The number of methoxy groups -OCH3 is 1. The molecule has 0 unspecified atom stereocenters. The zero-order valence-electron chi connectivity index (χ0n) is 9.55. The van der Waals surface area contributed by atoms with E-state index in [1.165, 1.54) is 7.11 Å². The van der Waals surface area contributed by atoms with Crippen molar-refractivity contribution >= 4 is 15.9 Å². The summed E-state index contributed by atoms with van der Waals surface area (Å²) in [4.78, 5) is 4.09. The molecule has 0 aliphatic carbocycles. The Labute approximate surface area is 113 Å². The number of aromatic nitrogens is 1. The number of benzene rings is 1. The summed E-state index contributed by atoms with van der Waals surface area (Å²) in [6.07, 6.45) is 1.63. The van der Waals surface area contributed by atoms with Crippen molar-refractivity contribution in [1.82, 2.24) is 4.98 Å². The van der Waals surface area contributed by atoms with E-state index in [4.69, 9.17) is 14.7 Å². The molecule has 2 aromatic rings. The Morgan fingerprint density at radius 2 is 2.06 bits per heavy atom. The number of pyridine rings is 1. The van der Waals surface area contributed by atoms with Crippen LogP contribution in [0.2, 0.25) is 0 Å². The maximum Gasteiger partial charge on any atom is 0.233 e. The highest BCUT2D eigenvalue weighted by molar-refractivity contribution is 9.10.